The second-order valence-corrected chi connectivity index (χ2v) is 15.3. The first-order valence-electron chi connectivity index (χ1n) is 18.5. The lowest BCUT2D eigenvalue weighted by Crippen LogP contribution is -2.55. The minimum absolute atomic E-state index is 0.661. The summed E-state index contributed by atoms with van der Waals surface area (Å²) >= 11 is 0. The fourth-order valence-corrected chi connectivity index (χ4v) is 8.40. The third kappa shape index (κ3) is 5.48. The van der Waals surface area contributed by atoms with E-state index in [4.69, 9.17) is 19.4 Å². The number of benzene rings is 5. The van der Waals surface area contributed by atoms with E-state index in [9.17, 15) is 0 Å². The maximum Gasteiger partial charge on any atom is 0.164 e. The summed E-state index contributed by atoms with van der Waals surface area (Å²) in [5.74, 6) is 2.09. The molecule has 0 atom stereocenters. The maximum absolute atomic E-state index is 6.54. The van der Waals surface area contributed by atoms with Crippen LogP contribution in [0.1, 0.15) is 0 Å². The Kier molecular flexibility index (Phi) is 9.12. The van der Waals surface area contributed by atoms with Crippen molar-refractivity contribution in [3.05, 3.63) is 36.4 Å². The molecule has 0 bridgehead atoms. The second kappa shape index (κ2) is 13.1. The van der Waals surface area contributed by atoms with Gasteiger partial charge in [0.15, 0.2) is 17.5 Å². The fourth-order valence-electron chi connectivity index (χ4n) is 8.40. The van der Waals surface area contributed by atoms with E-state index in [1.165, 1.54) is 93.1 Å². The maximum atomic E-state index is 6.54. The largest absolute Gasteiger partial charge is 0.456 e. The van der Waals surface area contributed by atoms with Crippen LogP contribution in [0.25, 0.3) is 67.2 Å². The zero-order valence-corrected chi connectivity index (χ0v) is 33.7. The molecule has 7 rings (SSSR count). The SMILES string of the molecule is Bc1c(B)c(B)c(-c2ccc3c(c2)oc2ccc(-c4nc(-c5c(B)c(B)c(B)c(B)c5B)nc(-c5c(B)c(B)c(B)c(B)c5B)n4)cc23)c(B)c1B. The number of hydrogen-bond donors (Lipinski definition) is 0. The van der Waals surface area contributed by atoms with Crippen LogP contribution in [-0.2, 0) is 0 Å². The standard InChI is InChI=1S/C33H36B15N3O/c34-16-13(17(35)23(41)28(46)22(16)40)7-1-3-9-10-5-8(2-4-11(10)52-12(9)6-7)31-49-32(14-18(36)24(42)29(47)25(43)19(14)37)51-33(50-31)15-20(38)26(44)30(48)27(45)21(15)39/h1-6H,34-48H2. The molecule has 19 heteroatoms. The van der Waals surface area contributed by atoms with E-state index in [2.05, 4.69) is 154 Å². The first kappa shape index (κ1) is 36.3. The lowest BCUT2D eigenvalue weighted by Gasteiger charge is -2.22. The van der Waals surface area contributed by atoms with Gasteiger partial charge < -0.3 is 4.42 Å². The monoisotopic (exact) mass is 655 g/mol. The third-order valence-corrected chi connectivity index (χ3v) is 13.1. The molecular weight excluding hydrogens is 617 g/mol. The van der Waals surface area contributed by atoms with Gasteiger partial charge in [0, 0.05) is 27.5 Å². The summed E-state index contributed by atoms with van der Waals surface area (Å²) in [4.78, 5) is 15.8. The van der Waals surface area contributed by atoms with Gasteiger partial charge in [-0.15, -0.1) is 49.2 Å². The zero-order chi connectivity index (χ0) is 37.7. The third-order valence-electron chi connectivity index (χ3n) is 13.1. The quantitative estimate of drug-likeness (QED) is 0.178. The molecule has 0 aliphatic rings. The minimum atomic E-state index is 0.661. The normalized spacial score (nSPS) is 11.5. The molecule has 0 unspecified atom stereocenters. The topological polar surface area (TPSA) is 51.8 Å². The van der Waals surface area contributed by atoms with Gasteiger partial charge in [0.2, 0.25) is 0 Å². The van der Waals surface area contributed by atoms with Gasteiger partial charge >= 0.3 is 0 Å². The van der Waals surface area contributed by atoms with Crippen LogP contribution in [0.5, 0.6) is 0 Å². The molecule has 0 spiro atoms. The Labute approximate surface area is 321 Å². The average Bonchev–Trinajstić information content (AvgIpc) is 3.50. The summed E-state index contributed by atoms with van der Waals surface area (Å²) in [6, 6.07) is 13.0. The van der Waals surface area contributed by atoms with Crippen molar-refractivity contribution in [2.24, 2.45) is 0 Å². The van der Waals surface area contributed by atoms with Gasteiger partial charge in [-0.3, -0.25) is 0 Å². The fraction of sp³-hybridized carbons (Fsp3) is 0. The lowest BCUT2D eigenvalue weighted by atomic mass is 9.59. The zero-order valence-electron chi connectivity index (χ0n) is 33.7. The molecule has 52 heavy (non-hydrogen) atoms. The predicted octanol–water partition coefficient (Wildman–Crippen LogP) is -17.7. The van der Waals surface area contributed by atoms with Gasteiger partial charge in [0.05, 0.1) is 0 Å². The Balaban J connectivity index is 1.47. The molecule has 0 fully saturated rings. The highest BCUT2D eigenvalue weighted by Gasteiger charge is 2.22. The molecule has 0 N–H and O–H groups in total. The van der Waals surface area contributed by atoms with Crippen LogP contribution in [0.15, 0.2) is 40.8 Å². The van der Waals surface area contributed by atoms with Crippen LogP contribution < -0.4 is 81.9 Å². The molecule has 4 nitrogen and oxygen atoms in total. The van der Waals surface area contributed by atoms with E-state index in [1.54, 1.807) is 0 Å². The Morgan fingerprint density at radius 2 is 0.673 bits per heavy atom. The van der Waals surface area contributed by atoms with Crippen molar-refractivity contribution >= 4 is 222 Å². The summed E-state index contributed by atoms with van der Waals surface area (Å²) < 4.78 is 6.54. The molecule has 5 aromatic carbocycles. The van der Waals surface area contributed by atoms with Crippen molar-refractivity contribution in [2.75, 3.05) is 0 Å². The van der Waals surface area contributed by atoms with Crippen LogP contribution in [0, 0.1) is 0 Å². The van der Waals surface area contributed by atoms with Gasteiger partial charge in [-0.1, -0.05) is 38.8 Å². The highest BCUT2D eigenvalue weighted by Crippen LogP contribution is 2.34. The molecule has 0 saturated heterocycles. The van der Waals surface area contributed by atoms with Crippen LogP contribution in [-0.4, -0.2) is 133 Å². The molecule has 0 saturated carbocycles. The number of aromatic nitrogens is 3. The Bertz CT molecular complexity index is 2540. The van der Waals surface area contributed by atoms with Crippen molar-refractivity contribution in [3.63, 3.8) is 0 Å². The highest BCUT2D eigenvalue weighted by molar-refractivity contribution is 6.71. The molecule has 2 heterocycles. The van der Waals surface area contributed by atoms with Crippen LogP contribution >= 0.6 is 0 Å². The van der Waals surface area contributed by atoms with Gasteiger partial charge in [0.1, 0.15) is 129 Å². The summed E-state index contributed by atoms with van der Waals surface area (Å²) in [6.07, 6.45) is 0. The number of nitrogens with zero attached hydrogens (tertiary/aromatic N) is 3. The van der Waals surface area contributed by atoms with E-state index < -0.39 is 0 Å². The average molecular weight is 653 g/mol. The highest BCUT2D eigenvalue weighted by atomic mass is 16.3. The summed E-state index contributed by atoms with van der Waals surface area (Å²) in [7, 11) is 33.2. The molecule has 2 aromatic heterocycles. The molecule has 0 aliphatic heterocycles. The predicted molar refractivity (Wildman–Crippen MR) is 272 cm³/mol. The van der Waals surface area contributed by atoms with Crippen molar-refractivity contribution < 1.29 is 4.42 Å². The van der Waals surface area contributed by atoms with Crippen LogP contribution in [0.4, 0.5) is 0 Å². The van der Waals surface area contributed by atoms with Crippen molar-refractivity contribution in [3.8, 4) is 45.3 Å². The van der Waals surface area contributed by atoms with Crippen molar-refractivity contribution in [1.29, 1.82) is 0 Å². The van der Waals surface area contributed by atoms with E-state index >= 15 is 0 Å². The number of furan rings is 1. The number of fused-ring (bicyclic) bond motifs is 3. The first-order chi connectivity index (χ1) is 24.5. The van der Waals surface area contributed by atoms with Gasteiger partial charge in [-0.25, -0.2) is 15.0 Å². The van der Waals surface area contributed by atoms with Gasteiger partial charge in [-0.05, 0) is 41.5 Å². The Hall–Kier alpha value is -4.12. The summed E-state index contributed by atoms with van der Waals surface area (Å²) in [5.41, 5.74) is 26.7. The first-order valence-corrected chi connectivity index (χ1v) is 18.5. The van der Waals surface area contributed by atoms with Gasteiger partial charge in [-0.2, -0.15) is 0 Å². The Morgan fingerprint density at radius 1 is 0.308 bits per heavy atom. The van der Waals surface area contributed by atoms with Crippen molar-refractivity contribution in [1.82, 2.24) is 15.0 Å². The molecular formula is C33H36B15N3O. The molecule has 234 valence electrons. The van der Waals surface area contributed by atoms with E-state index in [-0.39, 0.29) is 0 Å². The van der Waals surface area contributed by atoms with Crippen LogP contribution in [0.2, 0.25) is 0 Å². The van der Waals surface area contributed by atoms with E-state index in [0.29, 0.717) is 17.5 Å². The lowest BCUT2D eigenvalue weighted by molar-refractivity contribution is 0.669. The summed E-state index contributed by atoms with van der Waals surface area (Å²) in [6.45, 7) is 0. The molecule has 0 aliphatic carbocycles. The van der Waals surface area contributed by atoms with Gasteiger partial charge in [0.25, 0.3) is 0 Å². The molecule has 7 aromatic rings. The minimum Gasteiger partial charge on any atom is -0.456 e. The summed E-state index contributed by atoms with van der Waals surface area (Å²) in [5, 5.41) is 2.13. The molecule has 0 radical (unpaired) electrons. The number of rotatable bonds is 4. The van der Waals surface area contributed by atoms with Crippen LogP contribution in [0.3, 0.4) is 0 Å². The second-order valence-electron chi connectivity index (χ2n) is 15.3. The van der Waals surface area contributed by atoms with E-state index in [0.717, 1.165) is 38.6 Å². The number of hydrogen-bond acceptors (Lipinski definition) is 4. The molecule has 0 amide bonds. The smallest absolute Gasteiger partial charge is 0.164 e. The van der Waals surface area contributed by atoms with E-state index in [1.807, 2.05) is 0 Å². The Morgan fingerprint density at radius 3 is 1.12 bits per heavy atom. The van der Waals surface area contributed by atoms with Crippen molar-refractivity contribution in [2.45, 2.75) is 0 Å².